The van der Waals surface area contributed by atoms with Gasteiger partial charge in [0.05, 0.1) is 0 Å². The first-order valence-corrected chi connectivity index (χ1v) is 12.4. The van der Waals surface area contributed by atoms with Crippen molar-refractivity contribution in [1.29, 1.82) is 0 Å². The molecule has 5 rings (SSSR count). The van der Waals surface area contributed by atoms with E-state index in [1.807, 2.05) is 6.07 Å². The van der Waals surface area contributed by atoms with Crippen molar-refractivity contribution >= 4 is 17.6 Å². The predicted molar refractivity (Wildman–Crippen MR) is 127 cm³/mol. The fraction of sp³-hybridized carbons (Fsp3) is 0.615. The standard InChI is InChI=1S/C26H35FN4O/c1-19-17-26(14-15-30(19)18-20-8-5-6-9-20)24(28-22-11-3-2-4-12-22)29-25(32)31(26)23-13-7-10-21(27)16-23/h7-8,10,13,16,19,22H,2-6,9,11-12,14-15,17-18H2,1H3,(H,28,29,32)/t19-,26+/m0/s1. The summed E-state index contributed by atoms with van der Waals surface area (Å²) in [4.78, 5) is 22.1. The number of rotatable bonds is 4. The normalized spacial score (nSPS) is 29.5. The summed E-state index contributed by atoms with van der Waals surface area (Å²) < 4.78 is 14.1. The van der Waals surface area contributed by atoms with Crippen LogP contribution in [0.3, 0.4) is 0 Å². The predicted octanol–water partition coefficient (Wildman–Crippen LogP) is 5.42. The van der Waals surface area contributed by atoms with Gasteiger partial charge in [0.15, 0.2) is 0 Å². The Morgan fingerprint density at radius 1 is 1.22 bits per heavy atom. The Morgan fingerprint density at radius 3 is 2.78 bits per heavy atom. The lowest BCUT2D eigenvalue weighted by molar-refractivity contribution is 0.139. The van der Waals surface area contributed by atoms with Crippen molar-refractivity contribution in [3.63, 3.8) is 0 Å². The van der Waals surface area contributed by atoms with Crippen molar-refractivity contribution in [3.8, 4) is 0 Å². The van der Waals surface area contributed by atoms with Gasteiger partial charge in [-0.3, -0.25) is 9.80 Å². The van der Waals surface area contributed by atoms with Gasteiger partial charge in [0.2, 0.25) is 0 Å². The summed E-state index contributed by atoms with van der Waals surface area (Å²) in [6.07, 6.45) is 13.7. The number of amidine groups is 1. The maximum Gasteiger partial charge on any atom is 0.350 e. The topological polar surface area (TPSA) is 47.9 Å². The lowest BCUT2D eigenvalue weighted by Gasteiger charge is -2.48. The number of allylic oxidation sites excluding steroid dienone is 1. The van der Waals surface area contributed by atoms with Crippen LogP contribution in [0.2, 0.25) is 0 Å². The van der Waals surface area contributed by atoms with Crippen LogP contribution in [0.4, 0.5) is 14.9 Å². The molecule has 1 aromatic rings. The van der Waals surface area contributed by atoms with Crippen LogP contribution in [-0.2, 0) is 0 Å². The van der Waals surface area contributed by atoms with Crippen LogP contribution >= 0.6 is 0 Å². The molecule has 0 radical (unpaired) electrons. The molecule has 0 aromatic heterocycles. The number of piperidine rings is 1. The Balaban J connectivity index is 1.43. The first-order valence-electron chi connectivity index (χ1n) is 12.4. The Morgan fingerprint density at radius 2 is 2.06 bits per heavy atom. The zero-order valence-electron chi connectivity index (χ0n) is 19.2. The highest BCUT2D eigenvalue weighted by Crippen LogP contribution is 2.41. The Labute approximate surface area is 190 Å². The SMILES string of the molecule is C[C@H]1C[C@]2(CCN1CC1=CCCC1)C(NC1CCCCC1)=NC(=O)N2c1cccc(F)c1. The summed E-state index contributed by atoms with van der Waals surface area (Å²) in [6.45, 7) is 4.19. The molecule has 2 aliphatic carbocycles. The van der Waals surface area contributed by atoms with E-state index in [0.29, 0.717) is 17.8 Å². The number of anilines is 1. The van der Waals surface area contributed by atoms with Crippen LogP contribution < -0.4 is 10.2 Å². The number of aliphatic imine (C=N–C) groups is 1. The maximum absolute atomic E-state index is 14.1. The maximum atomic E-state index is 14.1. The summed E-state index contributed by atoms with van der Waals surface area (Å²) in [7, 11) is 0. The van der Waals surface area contributed by atoms with Gasteiger partial charge < -0.3 is 5.32 Å². The lowest BCUT2D eigenvalue weighted by atomic mass is 9.80. The van der Waals surface area contributed by atoms with Gasteiger partial charge in [-0.2, -0.15) is 4.99 Å². The number of amides is 2. The van der Waals surface area contributed by atoms with E-state index < -0.39 is 5.54 Å². The molecule has 1 N–H and O–H groups in total. The molecule has 32 heavy (non-hydrogen) atoms. The molecule has 1 saturated heterocycles. The number of carbonyl (C=O) groups excluding carboxylic acids is 1. The van der Waals surface area contributed by atoms with Crippen LogP contribution in [0.15, 0.2) is 40.9 Å². The molecule has 2 fully saturated rings. The summed E-state index contributed by atoms with van der Waals surface area (Å²) in [5.74, 6) is 0.489. The molecule has 0 bridgehead atoms. The first kappa shape index (κ1) is 21.6. The van der Waals surface area contributed by atoms with Crippen LogP contribution in [0.5, 0.6) is 0 Å². The molecular weight excluding hydrogens is 403 g/mol. The number of urea groups is 1. The van der Waals surface area contributed by atoms with E-state index in [2.05, 4.69) is 28.2 Å². The van der Waals surface area contributed by atoms with Crippen molar-refractivity contribution in [1.82, 2.24) is 10.2 Å². The molecule has 2 amide bonds. The summed E-state index contributed by atoms with van der Waals surface area (Å²) in [5.41, 5.74) is 1.63. The highest BCUT2D eigenvalue weighted by molar-refractivity contribution is 6.16. The Hall–Kier alpha value is -2.21. The zero-order chi connectivity index (χ0) is 22.1. The Kier molecular flexibility index (Phi) is 6.06. The average Bonchev–Trinajstić information content (AvgIpc) is 3.37. The number of nitrogens with one attached hydrogen (secondary N) is 1. The van der Waals surface area contributed by atoms with Gasteiger partial charge in [0.1, 0.15) is 17.2 Å². The number of halogens is 1. The molecule has 0 unspecified atom stereocenters. The second kappa shape index (κ2) is 8.97. The quantitative estimate of drug-likeness (QED) is 0.639. The van der Waals surface area contributed by atoms with Gasteiger partial charge in [-0.25, -0.2) is 9.18 Å². The molecule has 4 aliphatic rings. The summed E-state index contributed by atoms with van der Waals surface area (Å²) >= 11 is 0. The number of hydrogen-bond donors (Lipinski definition) is 1. The van der Waals surface area contributed by atoms with Crippen LogP contribution in [0.1, 0.15) is 71.1 Å². The van der Waals surface area contributed by atoms with E-state index >= 15 is 0 Å². The van der Waals surface area contributed by atoms with Gasteiger partial charge >= 0.3 is 6.03 Å². The van der Waals surface area contributed by atoms with Crippen molar-refractivity contribution in [2.45, 2.75) is 88.8 Å². The van der Waals surface area contributed by atoms with Crippen molar-refractivity contribution in [2.24, 2.45) is 4.99 Å². The average molecular weight is 439 g/mol. The van der Waals surface area contributed by atoms with E-state index in [1.165, 1.54) is 50.7 Å². The fourth-order valence-electron chi connectivity index (χ4n) is 6.18. The van der Waals surface area contributed by atoms with Gasteiger partial charge in [-0.05, 0) is 70.1 Å². The number of carbonyl (C=O) groups is 1. The van der Waals surface area contributed by atoms with Gasteiger partial charge in [0.25, 0.3) is 0 Å². The summed E-state index contributed by atoms with van der Waals surface area (Å²) in [5, 5.41) is 3.70. The van der Waals surface area contributed by atoms with Crippen LogP contribution in [-0.4, -0.2) is 47.5 Å². The minimum absolute atomic E-state index is 0.270. The second-order valence-corrected chi connectivity index (χ2v) is 10.1. The molecule has 1 spiro atoms. The third kappa shape index (κ3) is 4.09. The molecular formula is C26H35FN4O. The monoisotopic (exact) mass is 438 g/mol. The molecule has 1 saturated carbocycles. The highest BCUT2D eigenvalue weighted by Gasteiger charge is 2.53. The van der Waals surface area contributed by atoms with E-state index in [1.54, 1.807) is 16.5 Å². The van der Waals surface area contributed by atoms with Gasteiger partial charge in [0, 0.05) is 30.9 Å². The number of nitrogens with zero attached hydrogens (tertiary/aromatic N) is 3. The van der Waals surface area contributed by atoms with E-state index in [4.69, 9.17) is 0 Å². The highest BCUT2D eigenvalue weighted by atomic mass is 19.1. The fourth-order valence-corrected chi connectivity index (χ4v) is 6.18. The van der Waals surface area contributed by atoms with Crippen LogP contribution in [0, 0.1) is 5.82 Å². The molecule has 2 heterocycles. The van der Waals surface area contributed by atoms with Crippen molar-refractivity contribution < 1.29 is 9.18 Å². The largest absolute Gasteiger partial charge is 0.369 e. The van der Waals surface area contributed by atoms with Crippen LogP contribution in [0.25, 0.3) is 0 Å². The zero-order valence-corrected chi connectivity index (χ0v) is 19.2. The lowest BCUT2D eigenvalue weighted by Crippen LogP contribution is -2.64. The first-order chi connectivity index (χ1) is 15.5. The van der Waals surface area contributed by atoms with Gasteiger partial charge in [-0.1, -0.05) is 37.0 Å². The molecule has 5 nitrogen and oxygen atoms in total. The van der Waals surface area contributed by atoms with E-state index in [-0.39, 0.29) is 11.8 Å². The van der Waals surface area contributed by atoms with Crippen molar-refractivity contribution in [2.75, 3.05) is 18.0 Å². The molecule has 1 aromatic carbocycles. The number of benzene rings is 1. The van der Waals surface area contributed by atoms with Gasteiger partial charge in [-0.15, -0.1) is 0 Å². The third-order valence-electron chi connectivity index (χ3n) is 7.89. The second-order valence-electron chi connectivity index (χ2n) is 10.1. The smallest absolute Gasteiger partial charge is 0.350 e. The Bertz CT molecular complexity index is 922. The molecule has 172 valence electrons. The number of likely N-dealkylation sites (tertiary alicyclic amines) is 1. The van der Waals surface area contributed by atoms with E-state index in [9.17, 15) is 9.18 Å². The third-order valence-corrected chi connectivity index (χ3v) is 7.89. The molecule has 6 heteroatoms. The number of hydrogen-bond acceptors (Lipinski definition) is 3. The van der Waals surface area contributed by atoms with E-state index in [0.717, 1.165) is 44.6 Å². The van der Waals surface area contributed by atoms with Crippen molar-refractivity contribution in [3.05, 3.63) is 41.7 Å². The minimum atomic E-state index is -0.525. The molecule has 2 aliphatic heterocycles. The summed E-state index contributed by atoms with van der Waals surface area (Å²) in [6, 6.07) is 6.83. The minimum Gasteiger partial charge on any atom is -0.369 e. The molecule has 2 atom stereocenters.